The van der Waals surface area contributed by atoms with Gasteiger partial charge in [-0.3, -0.25) is 0 Å². The molecule has 0 aromatic rings. The Kier molecular flexibility index (Phi) is 29.8. The minimum Gasteiger partial charge on any atom is -0.356 e. The molecule has 4 heterocycles. The molecule has 54 heavy (non-hydrogen) atoms. The molecule has 0 N–H and O–H groups in total. The van der Waals surface area contributed by atoms with E-state index >= 15 is 0 Å². The summed E-state index contributed by atoms with van der Waals surface area (Å²) in [7, 11) is 0. The maximum Gasteiger partial charge on any atom is 0.0898 e. The fourth-order valence-electron chi connectivity index (χ4n) is 5.36. The average molecular weight is 843 g/mol. The Labute approximate surface area is 357 Å². The zero-order valence-electron chi connectivity index (χ0n) is 37.4. The summed E-state index contributed by atoms with van der Waals surface area (Å²) < 4.78 is 0. The summed E-state index contributed by atoms with van der Waals surface area (Å²) in [5.41, 5.74) is 0. The van der Waals surface area contributed by atoms with E-state index in [9.17, 15) is 0 Å². The van der Waals surface area contributed by atoms with Crippen LogP contribution < -0.4 is 0 Å². The topological polar surface area (TPSA) is 25.9 Å². The first kappa shape index (κ1) is 54.4. The molecule has 0 bridgehead atoms. The number of nitrogens with zero attached hydrogens (tertiary/aromatic N) is 8. The summed E-state index contributed by atoms with van der Waals surface area (Å²) in [5.74, 6) is 0. The summed E-state index contributed by atoms with van der Waals surface area (Å²) in [6.45, 7) is 39.7. The van der Waals surface area contributed by atoms with Gasteiger partial charge in [0.15, 0.2) is 0 Å². The Morgan fingerprint density at radius 2 is 0.352 bits per heavy atom. The maximum atomic E-state index is 2.33. The van der Waals surface area contributed by atoms with Crippen LogP contribution >= 0.6 is 0 Å². The van der Waals surface area contributed by atoms with Gasteiger partial charge in [0.05, 0.1) is 26.7 Å². The molecule has 10 heteroatoms. The van der Waals surface area contributed by atoms with Crippen LogP contribution in [-0.4, -0.2) is 114 Å². The summed E-state index contributed by atoms with van der Waals surface area (Å²) in [4.78, 5) is 18.7. The molecule has 1 saturated carbocycles. The standard InChI is InChI=1S/4C9H18N2.C8H12.2Ni/c4*1-8(2)10-5-6-11(7-10)9(3)4;1-2-4-6-8-7-5-3-1;;/h4*5-6,8-9H,7H2,1-4H3;1-2,7-8H,3-6H2;;. The van der Waals surface area contributed by atoms with Gasteiger partial charge in [0.25, 0.3) is 0 Å². The van der Waals surface area contributed by atoms with Crippen LogP contribution in [0.5, 0.6) is 0 Å². The van der Waals surface area contributed by atoms with Crippen LogP contribution in [0.15, 0.2) is 49.6 Å². The minimum atomic E-state index is 0. The fourth-order valence-corrected chi connectivity index (χ4v) is 5.36. The minimum absolute atomic E-state index is 0. The first-order valence-electron chi connectivity index (χ1n) is 20.5. The largest absolute Gasteiger partial charge is 0.356 e. The zero-order valence-corrected chi connectivity index (χ0v) is 39.4. The molecule has 0 aromatic carbocycles. The quantitative estimate of drug-likeness (QED) is 0.223. The van der Waals surface area contributed by atoms with Crippen molar-refractivity contribution in [2.24, 2.45) is 0 Å². The predicted molar refractivity (Wildman–Crippen MR) is 227 cm³/mol. The summed E-state index contributed by atoms with van der Waals surface area (Å²) in [5, 5.41) is 0. The van der Waals surface area contributed by atoms with E-state index in [0.717, 1.165) is 26.7 Å². The second-order valence-electron chi connectivity index (χ2n) is 16.7. The number of hydrogen-bond acceptors (Lipinski definition) is 8. The van der Waals surface area contributed by atoms with Crippen LogP contribution in [0, 0.1) is 25.7 Å². The Morgan fingerprint density at radius 3 is 0.426 bits per heavy atom. The van der Waals surface area contributed by atoms with Crippen molar-refractivity contribution in [1.29, 1.82) is 0 Å². The van der Waals surface area contributed by atoms with Crippen LogP contribution in [0.3, 0.4) is 0 Å². The van der Waals surface area contributed by atoms with Crippen molar-refractivity contribution in [3.8, 4) is 0 Å². The van der Waals surface area contributed by atoms with Gasteiger partial charge >= 0.3 is 0 Å². The van der Waals surface area contributed by atoms with E-state index in [1.165, 1.54) is 25.7 Å². The van der Waals surface area contributed by atoms with Gasteiger partial charge in [-0.05, 0) is 162 Å². The van der Waals surface area contributed by atoms with E-state index in [-0.39, 0.29) is 33.0 Å². The van der Waals surface area contributed by atoms with Crippen molar-refractivity contribution in [3.63, 3.8) is 0 Å². The van der Waals surface area contributed by atoms with Gasteiger partial charge in [-0.1, -0.05) is 0 Å². The zero-order chi connectivity index (χ0) is 39.4. The molecule has 0 amide bonds. The van der Waals surface area contributed by atoms with Crippen molar-refractivity contribution < 1.29 is 33.0 Å². The van der Waals surface area contributed by atoms with Crippen molar-refractivity contribution in [2.75, 3.05) is 26.7 Å². The van der Waals surface area contributed by atoms with Gasteiger partial charge in [-0.2, -0.15) is 0 Å². The molecule has 4 aliphatic heterocycles. The molecule has 0 unspecified atom stereocenters. The van der Waals surface area contributed by atoms with Gasteiger partial charge in [0.1, 0.15) is 0 Å². The predicted octanol–water partition coefficient (Wildman–Crippen LogP) is 9.77. The van der Waals surface area contributed by atoms with Crippen molar-refractivity contribution in [1.82, 2.24) is 39.2 Å². The first-order valence-corrected chi connectivity index (χ1v) is 20.5. The number of rotatable bonds is 8. The molecule has 5 aliphatic rings. The monoisotopic (exact) mass is 841 g/mol. The van der Waals surface area contributed by atoms with Gasteiger partial charge in [0.2, 0.25) is 0 Å². The molecule has 8 nitrogen and oxygen atoms in total. The van der Waals surface area contributed by atoms with E-state index in [4.69, 9.17) is 0 Å². The first-order chi connectivity index (χ1) is 24.4. The second-order valence-corrected chi connectivity index (χ2v) is 16.7. The molecular formula is C44H84N8Ni2. The summed E-state index contributed by atoms with van der Waals surface area (Å²) in [6.07, 6.45) is 31.4. The Bertz CT molecular complexity index is 792. The molecule has 0 aromatic heterocycles. The van der Waals surface area contributed by atoms with Gasteiger partial charge in [-0.25, -0.2) is 0 Å². The molecule has 0 spiro atoms. The molecule has 4 radical (unpaired) electrons. The van der Waals surface area contributed by atoms with E-state index in [0.29, 0.717) is 48.3 Å². The third-order valence-corrected chi connectivity index (χ3v) is 9.74. The summed E-state index contributed by atoms with van der Waals surface area (Å²) in [6, 6.07) is 4.96. The van der Waals surface area contributed by atoms with E-state index in [1.807, 2.05) is 0 Å². The molecule has 1 aliphatic carbocycles. The van der Waals surface area contributed by atoms with Crippen LogP contribution in [0.25, 0.3) is 0 Å². The van der Waals surface area contributed by atoms with Crippen LogP contribution in [-0.2, 0) is 33.0 Å². The Morgan fingerprint density at radius 1 is 0.241 bits per heavy atom. The van der Waals surface area contributed by atoms with Crippen molar-refractivity contribution >= 4 is 0 Å². The molecular weight excluding hydrogens is 758 g/mol. The Balaban J connectivity index is 0. The second kappa shape index (κ2) is 29.6. The SMILES string of the molecule is CC(C)N1C=CN(C(C)C)C1.CC(C)N1C=CN(C(C)C)C1.CC(C)N1C=CN(C(C)C)C1.CC(C)N1C=CN(C(C)C)C1.[CH]1[CH]CC[CH][CH]CC1.[Ni].[Ni]. The van der Waals surface area contributed by atoms with Crippen LogP contribution in [0.4, 0.5) is 0 Å². The smallest absolute Gasteiger partial charge is 0.0898 e. The van der Waals surface area contributed by atoms with Crippen molar-refractivity contribution in [2.45, 2.75) is 185 Å². The summed E-state index contributed by atoms with van der Waals surface area (Å²) >= 11 is 0. The molecule has 1 fully saturated rings. The van der Waals surface area contributed by atoms with Crippen LogP contribution in [0.1, 0.15) is 136 Å². The van der Waals surface area contributed by atoms with E-state index in [2.05, 4.69) is 225 Å². The molecule has 320 valence electrons. The Hall–Kier alpha value is -1.65. The van der Waals surface area contributed by atoms with Gasteiger partial charge in [-0.15, -0.1) is 0 Å². The van der Waals surface area contributed by atoms with Crippen LogP contribution in [0.2, 0.25) is 0 Å². The molecule has 0 saturated heterocycles. The maximum absolute atomic E-state index is 2.33. The van der Waals surface area contributed by atoms with E-state index in [1.54, 1.807) is 0 Å². The van der Waals surface area contributed by atoms with Gasteiger partial charge in [0, 0.05) is 131 Å². The molecule has 5 rings (SSSR count). The number of hydrogen-bond donors (Lipinski definition) is 0. The normalized spacial score (nSPS) is 17.9. The van der Waals surface area contributed by atoms with Crippen molar-refractivity contribution in [3.05, 3.63) is 75.3 Å². The average Bonchev–Trinajstić information content (AvgIpc) is 3.88. The third kappa shape index (κ3) is 22.2. The third-order valence-electron chi connectivity index (χ3n) is 9.74. The van der Waals surface area contributed by atoms with Gasteiger partial charge < -0.3 is 39.2 Å². The molecule has 0 atom stereocenters. The fraction of sp³-hybridized carbons (Fsp3) is 0.727. The van der Waals surface area contributed by atoms with E-state index < -0.39 is 0 Å².